The number of hydrogen-bond acceptors (Lipinski definition) is 9. The lowest BCUT2D eigenvalue weighted by molar-refractivity contribution is 0.102. The van der Waals surface area contributed by atoms with Crippen LogP contribution >= 0.6 is 23.7 Å². The van der Waals surface area contributed by atoms with E-state index in [0.29, 0.717) is 43.4 Å². The summed E-state index contributed by atoms with van der Waals surface area (Å²) in [5.41, 5.74) is 3.90. The lowest BCUT2D eigenvalue weighted by Gasteiger charge is -2.26. The van der Waals surface area contributed by atoms with Gasteiger partial charge < -0.3 is 10.1 Å². The Morgan fingerprint density at radius 2 is 1.71 bits per heavy atom. The van der Waals surface area contributed by atoms with E-state index in [1.54, 1.807) is 12.3 Å². The van der Waals surface area contributed by atoms with Crippen LogP contribution in [0.25, 0.3) is 32.2 Å². The average Bonchev–Trinajstić information content (AvgIpc) is 3.43. The normalized spacial score (nSPS) is 14.7. The summed E-state index contributed by atoms with van der Waals surface area (Å²) in [5.74, 6) is 0.471. The third kappa shape index (κ3) is 6.93. The van der Waals surface area contributed by atoms with Crippen LogP contribution in [-0.4, -0.2) is 71.9 Å². The molecule has 0 atom stereocenters. The van der Waals surface area contributed by atoms with Gasteiger partial charge in [0.1, 0.15) is 33.4 Å². The topological polar surface area (TPSA) is 114 Å². The van der Waals surface area contributed by atoms with Gasteiger partial charge in [-0.15, -0.1) is 12.4 Å². The molecule has 2 aromatic carbocycles. The molecule has 9 nitrogen and oxygen atoms in total. The predicted octanol–water partition coefficient (Wildman–Crippen LogP) is 5.20. The predicted molar refractivity (Wildman–Crippen MR) is 168 cm³/mol. The molecule has 1 amide bonds. The second kappa shape index (κ2) is 13.0. The van der Waals surface area contributed by atoms with Gasteiger partial charge in [-0.05, 0) is 24.3 Å². The molecule has 42 heavy (non-hydrogen) atoms. The van der Waals surface area contributed by atoms with Crippen molar-refractivity contribution in [1.82, 2.24) is 19.9 Å². The van der Waals surface area contributed by atoms with Crippen molar-refractivity contribution in [2.24, 2.45) is 0 Å². The Labute approximate surface area is 253 Å². The van der Waals surface area contributed by atoms with Gasteiger partial charge in [-0.3, -0.25) is 9.69 Å². The van der Waals surface area contributed by atoms with Gasteiger partial charge in [0.15, 0.2) is 9.84 Å². The molecule has 6 rings (SSSR count). The summed E-state index contributed by atoms with van der Waals surface area (Å²) in [6.07, 6.45) is 1.74. The van der Waals surface area contributed by atoms with Crippen molar-refractivity contribution in [3.63, 3.8) is 0 Å². The van der Waals surface area contributed by atoms with Gasteiger partial charge in [0, 0.05) is 49.1 Å². The van der Waals surface area contributed by atoms with E-state index < -0.39 is 9.84 Å². The third-order valence-electron chi connectivity index (χ3n) is 6.79. The van der Waals surface area contributed by atoms with Gasteiger partial charge >= 0.3 is 0 Å². The maximum atomic E-state index is 13.6. The highest BCUT2D eigenvalue weighted by molar-refractivity contribution is 7.91. The van der Waals surface area contributed by atoms with Crippen LogP contribution < -0.4 is 10.1 Å². The van der Waals surface area contributed by atoms with Crippen LogP contribution in [0.5, 0.6) is 5.75 Å². The molecule has 1 N–H and O–H groups in total. The Morgan fingerprint density at radius 3 is 2.50 bits per heavy atom. The first kappa shape index (κ1) is 29.6. The molecule has 0 spiro atoms. The van der Waals surface area contributed by atoms with Crippen molar-refractivity contribution in [3.8, 4) is 27.6 Å². The minimum Gasteiger partial charge on any atom is -0.492 e. The van der Waals surface area contributed by atoms with Crippen molar-refractivity contribution in [3.05, 3.63) is 90.8 Å². The monoisotopic (exact) mass is 621 g/mol. The van der Waals surface area contributed by atoms with Crippen LogP contribution in [0.2, 0.25) is 0 Å². The lowest BCUT2D eigenvalue weighted by atomic mass is 10.1. The van der Waals surface area contributed by atoms with Crippen molar-refractivity contribution in [2.75, 3.05) is 43.1 Å². The number of sulfone groups is 1. The number of carbonyl (C=O) groups is 1. The van der Waals surface area contributed by atoms with E-state index in [0.717, 1.165) is 26.5 Å². The quantitative estimate of drug-likeness (QED) is 0.251. The number of para-hydroxylation sites is 1. The number of amides is 1. The molecule has 0 aliphatic carbocycles. The smallest absolute Gasteiger partial charge is 0.274 e. The van der Waals surface area contributed by atoms with Gasteiger partial charge in [0.2, 0.25) is 0 Å². The zero-order valence-electron chi connectivity index (χ0n) is 22.5. The molecule has 1 aliphatic rings. The Kier molecular flexibility index (Phi) is 9.12. The summed E-state index contributed by atoms with van der Waals surface area (Å²) in [6.45, 7) is 1.93. The first-order valence-corrected chi connectivity index (χ1v) is 15.8. The molecule has 0 saturated carbocycles. The van der Waals surface area contributed by atoms with E-state index >= 15 is 0 Å². The van der Waals surface area contributed by atoms with E-state index in [-0.39, 0.29) is 35.5 Å². The number of benzene rings is 2. The molecule has 4 heterocycles. The summed E-state index contributed by atoms with van der Waals surface area (Å²) in [6, 6.07) is 24.3. The van der Waals surface area contributed by atoms with Gasteiger partial charge in [0.05, 0.1) is 22.9 Å². The molecule has 5 aromatic rings. The van der Waals surface area contributed by atoms with Crippen molar-refractivity contribution < 1.29 is 17.9 Å². The number of rotatable bonds is 8. The van der Waals surface area contributed by atoms with Crippen molar-refractivity contribution >= 4 is 55.5 Å². The molecular weight excluding hydrogens is 594 g/mol. The summed E-state index contributed by atoms with van der Waals surface area (Å²) in [5, 5.41) is 3.77. The van der Waals surface area contributed by atoms with Crippen LogP contribution in [0, 0.1) is 0 Å². The maximum absolute atomic E-state index is 13.6. The van der Waals surface area contributed by atoms with Crippen molar-refractivity contribution in [1.29, 1.82) is 0 Å². The first-order valence-electron chi connectivity index (χ1n) is 13.2. The van der Waals surface area contributed by atoms with E-state index in [1.807, 2.05) is 72.8 Å². The molecular formula is C30H28ClN5O4S2. The molecule has 1 saturated heterocycles. The van der Waals surface area contributed by atoms with Crippen LogP contribution in [0.1, 0.15) is 10.5 Å². The van der Waals surface area contributed by atoms with Crippen LogP contribution in [0.3, 0.4) is 0 Å². The number of anilines is 1. The van der Waals surface area contributed by atoms with Gasteiger partial charge in [-0.2, -0.15) is 0 Å². The zero-order chi connectivity index (χ0) is 28.2. The first-order chi connectivity index (χ1) is 19.9. The van der Waals surface area contributed by atoms with Crippen LogP contribution in [0.15, 0.2) is 85.1 Å². The highest BCUT2D eigenvalue weighted by atomic mass is 35.5. The Balaban J connectivity index is 0.00000353. The number of ether oxygens (including phenoxy) is 1. The second-order valence-corrected chi connectivity index (χ2v) is 12.9. The van der Waals surface area contributed by atoms with Gasteiger partial charge in [-0.25, -0.2) is 23.4 Å². The minimum atomic E-state index is -2.94. The lowest BCUT2D eigenvalue weighted by Crippen LogP contribution is -2.42. The standard InChI is InChI=1S/C30H27N5O4S2.ClH/c36-28(33-24-10-5-4-9-23(24)29-34-25-11-6-12-31-30(25)40-29)27-20-22(19-26(32-27)21-7-2-1-3-8-21)39-16-13-35-14-17-41(37,38)18-15-35;/h1-12,19-20H,13-18H2,(H,33,36);1H. The Morgan fingerprint density at radius 1 is 0.952 bits per heavy atom. The summed E-state index contributed by atoms with van der Waals surface area (Å²) in [7, 11) is -2.94. The minimum absolute atomic E-state index is 0. The van der Waals surface area contributed by atoms with Gasteiger partial charge in [-0.1, -0.05) is 53.8 Å². The van der Waals surface area contributed by atoms with E-state index in [2.05, 4.69) is 20.2 Å². The number of hydrogen-bond donors (Lipinski definition) is 1. The summed E-state index contributed by atoms with van der Waals surface area (Å²) in [4.78, 5) is 30.2. The molecule has 0 bridgehead atoms. The number of thiazole rings is 1. The Bertz CT molecular complexity index is 1770. The number of halogens is 1. The SMILES string of the molecule is Cl.O=C(Nc1ccccc1-c1nc2cccnc2s1)c1cc(OCCN2CCS(=O)(=O)CC2)cc(-c2ccccc2)n1. The van der Waals surface area contributed by atoms with E-state index in [4.69, 9.17) is 9.72 Å². The van der Waals surface area contributed by atoms with E-state index in [9.17, 15) is 13.2 Å². The fourth-order valence-corrected chi connectivity index (χ4v) is 6.80. The second-order valence-electron chi connectivity index (χ2n) is 9.63. The number of fused-ring (bicyclic) bond motifs is 1. The molecule has 216 valence electrons. The molecule has 1 aliphatic heterocycles. The molecule has 3 aromatic heterocycles. The average molecular weight is 622 g/mol. The largest absolute Gasteiger partial charge is 0.492 e. The fourth-order valence-electron chi connectivity index (χ4n) is 4.58. The Hall–Kier alpha value is -3.90. The fraction of sp³-hybridized carbons (Fsp3) is 0.200. The van der Waals surface area contributed by atoms with Crippen LogP contribution in [0.4, 0.5) is 5.69 Å². The molecule has 0 unspecified atom stereocenters. The highest BCUT2D eigenvalue weighted by Gasteiger charge is 2.21. The van der Waals surface area contributed by atoms with Crippen molar-refractivity contribution in [2.45, 2.75) is 0 Å². The van der Waals surface area contributed by atoms with Gasteiger partial charge in [0.25, 0.3) is 5.91 Å². The molecule has 1 fully saturated rings. The zero-order valence-corrected chi connectivity index (χ0v) is 24.9. The maximum Gasteiger partial charge on any atom is 0.274 e. The third-order valence-corrected chi connectivity index (χ3v) is 9.41. The number of pyridine rings is 2. The van der Waals surface area contributed by atoms with Crippen LogP contribution in [-0.2, 0) is 9.84 Å². The summed E-state index contributed by atoms with van der Waals surface area (Å²) < 4.78 is 29.5. The number of nitrogens with zero attached hydrogens (tertiary/aromatic N) is 4. The number of carbonyl (C=O) groups excluding carboxylic acids is 1. The molecule has 0 radical (unpaired) electrons. The van der Waals surface area contributed by atoms with E-state index in [1.165, 1.54) is 11.3 Å². The molecule has 12 heteroatoms. The highest BCUT2D eigenvalue weighted by Crippen LogP contribution is 2.34. The summed E-state index contributed by atoms with van der Waals surface area (Å²) >= 11 is 1.46. The number of aromatic nitrogens is 3. The number of nitrogens with one attached hydrogen (secondary N) is 1.